The maximum absolute atomic E-state index is 13.9. The zero-order chi connectivity index (χ0) is 24.8. The minimum Gasteiger partial charge on any atom is -0.493 e. The Labute approximate surface area is 214 Å². The quantitative estimate of drug-likeness (QED) is 0.388. The van der Waals surface area contributed by atoms with Gasteiger partial charge in [-0.15, -0.1) is 22.7 Å². The minimum atomic E-state index is -0.775. The van der Waals surface area contributed by atoms with Crippen LogP contribution in [0.1, 0.15) is 53.5 Å². The summed E-state index contributed by atoms with van der Waals surface area (Å²) >= 11 is 3.04. The van der Waals surface area contributed by atoms with Gasteiger partial charge in [0, 0.05) is 27.5 Å². The summed E-state index contributed by atoms with van der Waals surface area (Å²) in [5.74, 6) is 0.790. The average Bonchev–Trinajstić information content (AvgIpc) is 3.54. The van der Waals surface area contributed by atoms with Crippen molar-refractivity contribution >= 4 is 40.2 Å². The van der Waals surface area contributed by atoms with Crippen molar-refractivity contribution in [3.05, 3.63) is 62.5 Å². The van der Waals surface area contributed by atoms with Crippen molar-refractivity contribution in [2.45, 2.75) is 57.5 Å². The van der Waals surface area contributed by atoms with Gasteiger partial charge in [-0.05, 0) is 60.4 Å². The fraction of sp³-hybridized carbons (Fsp3) is 0.407. The Morgan fingerprint density at radius 1 is 1.03 bits per heavy atom. The molecule has 0 bridgehead atoms. The number of hydrogen-bond donors (Lipinski definition) is 1. The van der Waals surface area contributed by atoms with Crippen molar-refractivity contribution in [1.29, 1.82) is 0 Å². The van der Waals surface area contributed by atoms with Gasteiger partial charge < -0.3 is 14.8 Å². The molecule has 4 rings (SSSR count). The van der Waals surface area contributed by atoms with Crippen LogP contribution in [0.4, 0.5) is 5.69 Å². The van der Waals surface area contributed by atoms with Crippen LogP contribution < -0.4 is 19.7 Å². The van der Waals surface area contributed by atoms with Gasteiger partial charge in [0.15, 0.2) is 11.5 Å². The van der Waals surface area contributed by atoms with Crippen LogP contribution in [0.5, 0.6) is 11.5 Å². The number of carbonyl (C=O) groups is 2. The Morgan fingerprint density at radius 2 is 1.80 bits per heavy atom. The Bertz CT molecular complexity index is 1140. The molecule has 0 spiro atoms. The molecular weight excluding hydrogens is 480 g/mol. The number of hydrogen-bond acceptors (Lipinski definition) is 6. The maximum Gasteiger partial charge on any atom is 0.248 e. The Balaban J connectivity index is 1.78. The first kappa shape index (κ1) is 25.3. The van der Waals surface area contributed by atoms with Crippen LogP contribution in [0.3, 0.4) is 0 Å². The van der Waals surface area contributed by atoms with Crippen molar-refractivity contribution in [3.8, 4) is 11.5 Å². The first-order valence-electron chi connectivity index (χ1n) is 11.9. The van der Waals surface area contributed by atoms with Crippen molar-refractivity contribution in [1.82, 2.24) is 5.32 Å². The summed E-state index contributed by atoms with van der Waals surface area (Å²) in [6.45, 7) is 1.99. The Morgan fingerprint density at radius 3 is 2.43 bits per heavy atom. The second-order valence-corrected chi connectivity index (χ2v) is 10.8. The number of thiophene rings is 2. The molecule has 6 nitrogen and oxygen atoms in total. The summed E-state index contributed by atoms with van der Waals surface area (Å²) in [4.78, 5) is 31.3. The van der Waals surface area contributed by atoms with E-state index in [1.807, 2.05) is 41.9 Å². The standard InChI is InChI=1S/C27H32N2O4S2/c1-18-13-15-35-26(18)25(27(31)28-19-8-5-4-6-9-19)29(24(30)17-21-10-7-14-34-21)20-11-12-22(32-2)23(16-20)33-3/h7,10-16,19,25H,4-6,8-9,17H2,1-3H3,(H,28,31)/t25-/m1/s1. The molecule has 1 saturated carbocycles. The van der Waals surface area contributed by atoms with Crippen LogP contribution in [0.2, 0.25) is 0 Å². The highest BCUT2D eigenvalue weighted by molar-refractivity contribution is 7.10. The van der Waals surface area contributed by atoms with Gasteiger partial charge in [0.05, 0.1) is 20.6 Å². The molecule has 3 aromatic rings. The van der Waals surface area contributed by atoms with Crippen LogP contribution in [0, 0.1) is 6.92 Å². The van der Waals surface area contributed by atoms with Crippen LogP contribution in [-0.2, 0) is 16.0 Å². The van der Waals surface area contributed by atoms with Crippen molar-refractivity contribution in [2.75, 3.05) is 19.1 Å². The van der Waals surface area contributed by atoms with Crippen LogP contribution in [0.25, 0.3) is 0 Å². The molecule has 0 saturated heterocycles. The van der Waals surface area contributed by atoms with E-state index in [1.54, 1.807) is 31.3 Å². The van der Waals surface area contributed by atoms with Crippen LogP contribution in [-0.4, -0.2) is 32.1 Å². The minimum absolute atomic E-state index is 0.138. The van der Waals surface area contributed by atoms with E-state index in [0.717, 1.165) is 41.0 Å². The van der Waals surface area contributed by atoms with E-state index in [2.05, 4.69) is 5.32 Å². The number of amides is 2. The first-order chi connectivity index (χ1) is 17.0. The molecule has 2 heterocycles. The number of carbonyl (C=O) groups excluding carboxylic acids is 2. The van der Waals surface area contributed by atoms with E-state index in [9.17, 15) is 9.59 Å². The summed E-state index contributed by atoms with van der Waals surface area (Å²) in [6, 6.07) is 10.6. The molecule has 2 aromatic heterocycles. The van der Waals surface area contributed by atoms with Crippen LogP contribution in [0.15, 0.2) is 47.2 Å². The second kappa shape index (κ2) is 11.7. The predicted molar refractivity (Wildman–Crippen MR) is 142 cm³/mol. The number of methoxy groups -OCH3 is 2. The van der Waals surface area contributed by atoms with Gasteiger partial charge in [0.2, 0.25) is 11.8 Å². The number of nitrogens with zero attached hydrogens (tertiary/aromatic N) is 1. The van der Waals surface area contributed by atoms with Gasteiger partial charge >= 0.3 is 0 Å². The normalized spacial score (nSPS) is 14.8. The largest absolute Gasteiger partial charge is 0.493 e. The van der Waals surface area contributed by atoms with Gasteiger partial charge in [-0.1, -0.05) is 25.3 Å². The number of nitrogens with one attached hydrogen (secondary N) is 1. The number of ether oxygens (including phenoxy) is 2. The Hall–Kier alpha value is -2.84. The molecule has 1 aliphatic carbocycles. The average molecular weight is 513 g/mol. The molecule has 2 amide bonds. The monoisotopic (exact) mass is 512 g/mol. The van der Waals surface area contributed by atoms with E-state index >= 15 is 0 Å². The van der Waals surface area contributed by atoms with Gasteiger partial charge in [-0.3, -0.25) is 14.5 Å². The van der Waals surface area contributed by atoms with Gasteiger partial charge in [-0.25, -0.2) is 0 Å². The molecule has 0 radical (unpaired) electrons. The topological polar surface area (TPSA) is 67.9 Å². The molecule has 0 unspecified atom stereocenters. The third kappa shape index (κ3) is 5.87. The van der Waals surface area contributed by atoms with Gasteiger partial charge in [0.25, 0.3) is 0 Å². The number of aryl methyl sites for hydroxylation is 1. The van der Waals surface area contributed by atoms with E-state index in [1.165, 1.54) is 29.1 Å². The maximum atomic E-state index is 13.9. The molecule has 1 fully saturated rings. The van der Waals surface area contributed by atoms with Gasteiger partial charge in [0.1, 0.15) is 6.04 Å². The second-order valence-electron chi connectivity index (χ2n) is 8.77. The number of rotatable bonds is 9. The van der Waals surface area contributed by atoms with Crippen molar-refractivity contribution in [2.24, 2.45) is 0 Å². The third-order valence-electron chi connectivity index (χ3n) is 6.43. The lowest BCUT2D eigenvalue weighted by Crippen LogP contribution is -2.47. The highest BCUT2D eigenvalue weighted by atomic mass is 32.1. The van der Waals surface area contributed by atoms with Crippen LogP contribution >= 0.6 is 22.7 Å². The fourth-order valence-electron chi connectivity index (χ4n) is 4.60. The van der Waals surface area contributed by atoms with Gasteiger partial charge in [-0.2, -0.15) is 0 Å². The predicted octanol–water partition coefficient (Wildman–Crippen LogP) is 5.90. The molecule has 1 N–H and O–H groups in total. The zero-order valence-corrected chi connectivity index (χ0v) is 22.0. The highest BCUT2D eigenvalue weighted by Crippen LogP contribution is 2.38. The SMILES string of the molecule is COc1ccc(N(C(=O)Cc2cccs2)[C@@H](C(=O)NC2CCCCC2)c2sccc2C)cc1OC. The van der Waals surface area contributed by atoms with E-state index in [4.69, 9.17) is 9.47 Å². The van der Waals surface area contributed by atoms with Crippen molar-refractivity contribution in [3.63, 3.8) is 0 Å². The van der Waals surface area contributed by atoms with E-state index in [0.29, 0.717) is 17.2 Å². The molecule has 1 aliphatic rings. The zero-order valence-electron chi connectivity index (χ0n) is 20.4. The first-order valence-corrected chi connectivity index (χ1v) is 13.7. The molecule has 186 valence electrons. The lowest BCUT2D eigenvalue weighted by Gasteiger charge is -2.33. The fourth-order valence-corrected chi connectivity index (χ4v) is 6.31. The molecular formula is C27H32N2O4S2. The lowest BCUT2D eigenvalue weighted by atomic mass is 9.95. The summed E-state index contributed by atoms with van der Waals surface area (Å²) in [5, 5.41) is 7.20. The number of anilines is 1. The molecule has 0 aliphatic heterocycles. The molecule has 35 heavy (non-hydrogen) atoms. The van der Waals surface area contributed by atoms with Crippen molar-refractivity contribution < 1.29 is 19.1 Å². The summed E-state index contributed by atoms with van der Waals surface area (Å²) in [7, 11) is 3.14. The highest BCUT2D eigenvalue weighted by Gasteiger charge is 2.36. The van der Waals surface area contributed by atoms with E-state index in [-0.39, 0.29) is 24.3 Å². The summed E-state index contributed by atoms with van der Waals surface area (Å²) in [5.41, 5.74) is 1.59. The summed E-state index contributed by atoms with van der Waals surface area (Å²) in [6.07, 6.45) is 5.60. The van der Waals surface area contributed by atoms with E-state index < -0.39 is 6.04 Å². The smallest absolute Gasteiger partial charge is 0.248 e. The Kier molecular flexibility index (Phi) is 8.46. The molecule has 1 aromatic carbocycles. The molecule has 8 heteroatoms. The number of benzene rings is 1. The molecule has 1 atom stereocenters. The lowest BCUT2D eigenvalue weighted by molar-refractivity contribution is -0.127. The summed E-state index contributed by atoms with van der Waals surface area (Å²) < 4.78 is 10.9. The third-order valence-corrected chi connectivity index (χ3v) is 8.38.